The molecule has 1 aromatic heterocycles. The van der Waals surface area contributed by atoms with Gasteiger partial charge < -0.3 is 15.0 Å². The lowest BCUT2D eigenvalue weighted by atomic mass is 10.1. The Bertz CT molecular complexity index is 543. The maximum Gasteiger partial charge on any atom is 0.131 e. The molecule has 102 valence electrons. The standard InChI is InChI=1S/C15H21N3O/c1-4-6-13-17-14(15(16)18(13)5-2)11-7-9-12(19-3)10-8-11/h7-10H,4-6,16H2,1-3H3. The molecule has 0 aliphatic carbocycles. The van der Waals surface area contributed by atoms with E-state index in [0.717, 1.165) is 48.0 Å². The van der Waals surface area contributed by atoms with E-state index in [0.29, 0.717) is 0 Å². The van der Waals surface area contributed by atoms with Gasteiger partial charge in [-0.15, -0.1) is 0 Å². The number of imidazole rings is 1. The number of methoxy groups -OCH3 is 1. The van der Waals surface area contributed by atoms with E-state index < -0.39 is 0 Å². The van der Waals surface area contributed by atoms with Crippen molar-refractivity contribution in [3.8, 4) is 17.0 Å². The molecule has 0 aliphatic rings. The van der Waals surface area contributed by atoms with E-state index >= 15 is 0 Å². The van der Waals surface area contributed by atoms with Crippen LogP contribution in [-0.4, -0.2) is 16.7 Å². The van der Waals surface area contributed by atoms with Crippen molar-refractivity contribution in [1.29, 1.82) is 0 Å². The number of aryl methyl sites for hydroxylation is 1. The number of hydrogen-bond acceptors (Lipinski definition) is 3. The second-order valence-corrected chi connectivity index (χ2v) is 4.48. The lowest BCUT2D eigenvalue weighted by Gasteiger charge is -2.05. The van der Waals surface area contributed by atoms with Gasteiger partial charge >= 0.3 is 0 Å². The molecule has 2 aromatic rings. The minimum Gasteiger partial charge on any atom is -0.497 e. The van der Waals surface area contributed by atoms with Gasteiger partial charge in [0.15, 0.2) is 0 Å². The molecule has 0 aliphatic heterocycles. The van der Waals surface area contributed by atoms with Crippen LogP contribution in [0.15, 0.2) is 24.3 Å². The zero-order valence-corrected chi connectivity index (χ0v) is 11.8. The van der Waals surface area contributed by atoms with Gasteiger partial charge in [0.2, 0.25) is 0 Å². The number of nitrogen functional groups attached to an aromatic ring is 1. The summed E-state index contributed by atoms with van der Waals surface area (Å²) >= 11 is 0. The van der Waals surface area contributed by atoms with Crippen molar-refractivity contribution in [2.75, 3.05) is 12.8 Å². The van der Waals surface area contributed by atoms with Gasteiger partial charge in [-0.2, -0.15) is 0 Å². The first kappa shape index (κ1) is 13.5. The first-order valence-corrected chi connectivity index (χ1v) is 6.70. The average molecular weight is 259 g/mol. The molecule has 2 N–H and O–H groups in total. The molecule has 4 nitrogen and oxygen atoms in total. The van der Waals surface area contributed by atoms with Gasteiger partial charge in [0, 0.05) is 18.5 Å². The van der Waals surface area contributed by atoms with Gasteiger partial charge in [-0.3, -0.25) is 0 Å². The Balaban J connectivity index is 2.43. The molecule has 0 saturated heterocycles. The van der Waals surface area contributed by atoms with Crippen LogP contribution in [0.25, 0.3) is 11.3 Å². The molecular weight excluding hydrogens is 238 g/mol. The van der Waals surface area contributed by atoms with Crippen LogP contribution in [0.5, 0.6) is 5.75 Å². The predicted molar refractivity (Wildman–Crippen MR) is 78.3 cm³/mol. The van der Waals surface area contributed by atoms with E-state index in [1.807, 2.05) is 24.3 Å². The number of benzene rings is 1. The van der Waals surface area contributed by atoms with Gasteiger partial charge in [0.1, 0.15) is 23.1 Å². The number of anilines is 1. The maximum atomic E-state index is 6.22. The molecule has 0 radical (unpaired) electrons. The Kier molecular flexibility index (Phi) is 4.10. The van der Waals surface area contributed by atoms with E-state index in [2.05, 4.69) is 18.4 Å². The van der Waals surface area contributed by atoms with Crippen LogP contribution in [0.1, 0.15) is 26.1 Å². The van der Waals surface area contributed by atoms with Crippen LogP contribution in [-0.2, 0) is 13.0 Å². The first-order valence-electron chi connectivity index (χ1n) is 6.70. The van der Waals surface area contributed by atoms with Crippen molar-refractivity contribution >= 4 is 5.82 Å². The smallest absolute Gasteiger partial charge is 0.131 e. The molecule has 2 rings (SSSR count). The lowest BCUT2D eigenvalue weighted by Crippen LogP contribution is -2.05. The van der Waals surface area contributed by atoms with Crippen LogP contribution in [0.3, 0.4) is 0 Å². The first-order chi connectivity index (χ1) is 9.21. The lowest BCUT2D eigenvalue weighted by molar-refractivity contribution is 0.415. The van der Waals surface area contributed by atoms with Crippen molar-refractivity contribution in [1.82, 2.24) is 9.55 Å². The molecule has 1 heterocycles. The molecular formula is C15H21N3O. The van der Waals surface area contributed by atoms with Crippen molar-refractivity contribution < 1.29 is 4.74 Å². The highest BCUT2D eigenvalue weighted by molar-refractivity contribution is 5.71. The van der Waals surface area contributed by atoms with E-state index in [9.17, 15) is 0 Å². The number of hydrogen-bond donors (Lipinski definition) is 1. The molecule has 0 unspecified atom stereocenters. The topological polar surface area (TPSA) is 53.1 Å². The summed E-state index contributed by atoms with van der Waals surface area (Å²) in [5.41, 5.74) is 8.12. The van der Waals surface area contributed by atoms with E-state index in [-0.39, 0.29) is 0 Å². The summed E-state index contributed by atoms with van der Waals surface area (Å²) in [6.45, 7) is 5.09. The number of rotatable bonds is 5. The molecule has 0 atom stereocenters. The zero-order chi connectivity index (χ0) is 13.8. The quantitative estimate of drug-likeness (QED) is 0.897. The second kappa shape index (κ2) is 5.78. The Morgan fingerprint density at radius 2 is 1.89 bits per heavy atom. The Labute approximate surface area is 114 Å². The van der Waals surface area contributed by atoms with Gasteiger partial charge in [-0.25, -0.2) is 4.98 Å². The minimum absolute atomic E-state index is 0.746. The summed E-state index contributed by atoms with van der Waals surface area (Å²) in [5, 5.41) is 0. The van der Waals surface area contributed by atoms with Gasteiger partial charge in [0.05, 0.1) is 7.11 Å². The number of nitrogens with zero attached hydrogens (tertiary/aromatic N) is 2. The van der Waals surface area contributed by atoms with Gasteiger partial charge in [0.25, 0.3) is 0 Å². The molecule has 0 spiro atoms. The van der Waals surface area contributed by atoms with E-state index in [1.165, 1.54) is 0 Å². The molecule has 4 heteroatoms. The van der Waals surface area contributed by atoms with Crippen LogP contribution in [0, 0.1) is 0 Å². The third kappa shape index (κ3) is 2.57. The van der Waals surface area contributed by atoms with Gasteiger partial charge in [-0.1, -0.05) is 6.92 Å². The number of nitrogens with two attached hydrogens (primary N) is 1. The van der Waals surface area contributed by atoms with Crippen LogP contribution in [0.4, 0.5) is 5.82 Å². The fraction of sp³-hybridized carbons (Fsp3) is 0.400. The molecule has 1 aromatic carbocycles. The summed E-state index contributed by atoms with van der Waals surface area (Å²) in [6.07, 6.45) is 2.02. The summed E-state index contributed by atoms with van der Waals surface area (Å²) in [5.74, 6) is 2.65. The Morgan fingerprint density at radius 1 is 1.21 bits per heavy atom. The molecule has 0 fully saturated rings. The highest BCUT2D eigenvalue weighted by Gasteiger charge is 2.14. The second-order valence-electron chi connectivity index (χ2n) is 4.48. The van der Waals surface area contributed by atoms with Crippen LogP contribution < -0.4 is 10.5 Å². The Hall–Kier alpha value is -1.97. The third-order valence-corrected chi connectivity index (χ3v) is 3.24. The largest absolute Gasteiger partial charge is 0.497 e. The summed E-state index contributed by atoms with van der Waals surface area (Å²) < 4.78 is 7.25. The highest BCUT2D eigenvalue weighted by atomic mass is 16.5. The summed E-state index contributed by atoms with van der Waals surface area (Å²) in [6, 6.07) is 7.85. The van der Waals surface area contributed by atoms with Crippen molar-refractivity contribution in [3.63, 3.8) is 0 Å². The average Bonchev–Trinajstić information content (AvgIpc) is 2.75. The van der Waals surface area contributed by atoms with Crippen LogP contribution in [0.2, 0.25) is 0 Å². The molecule has 19 heavy (non-hydrogen) atoms. The van der Waals surface area contributed by atoms with Gasteiger partial charge in [-0.05, 0) is 37.6 Å². The van der Waals surface area contributed by atoms with E-state index in [4.69, 9.17) is 15.5 Å². The van der Waals surface area contributed by atoms with Crippen molar-refractivity contribution in [3.05, 3.63) is 30.1 Å². The molecule has 0 saturated carbocycles. The summed E-state index contributed by atoms with van der Waals surface area (Å²) in [4.78, 5) is 4.69. The Morgan fingerprint density at radius 3 is 2.42 bits per heavy atom. The maximum absolute atomic E-state index is 6.22. The molecule has 0 bridgehead atoms. The van der Waals surface area contributed by atoms with Crippen LogP contribution >= 0.6 is 0 Å². The zero-order valence-electron chi connectivity index (χ0n) is 11.8. The monoisotopic (exact) mass is 259 g/mol. The fourth-order valence-corrected chi connectivity index (χ4v) is 2.24. The normalized spacial score (nSPS) is 10.7. The third-order valence-electron chi connectivity index (χ3n) is 3.24. The van der Waals surface area contributed by atoms with E-state index in [1.54, 1.807) is 7.11 Å². The number of aromatic nitrogens is 2. The fourth-order valence-electron chi connectivity index (χ4n) is 2.24. The SMILES string of the molecule is CCCc1nc(-c2ccc(OC)cc2)c(N)n1CC. The number of ether oxygens (including phenoxy) is 1. The van der Waals surface area contributed by atoms with Crippen molar-refractivity contribution in [2.24, 2.45) is 0 Å². The molecule has 0 amide bonds. The minimum atomic E-state index is 0.746. The summed E-state index contributed by atoms with van der Waals surface area (Å²) in [7, 11) is 1.66. The predicted octanol–water partition coefficient (Wildman–Crippen LogP) is 3.11. The highest BCUT2D eigenvalue weighted by Crippen LogP contribution is 2.28. The van der Waals surface area contributed by atoms with Crippen molar-refractivity contribution in [2.45, 2.75) is 33.2 Å².